The van der Waals surface area contributed by atoms with Crippen molar-refractivity contribution < 1.29 is 26.3 Å². The van der Waals surface area contributed by atoms with Crippen LogP contribution in [0.4, 0.5) is 37.7 Å². The molecule has 0 spiro atoms. The Bertz CT molecular complexity index is 1220. The molecule has 4 aromatic rings. The Hall–Kier alpha value is -3.68. The maximum absolute atomic E-state index is 13.5. The lowest BCUT2D eigenvalue weighted by Gasteiger charge is -2.16. The van der Waals surface area contributed by atoms with E-state index < -0.39 is 23.5 Å². The molecule has 8 heteroatoms. The zero-order chi connectivity index (χ0) is 23.3. The zero-order valence-corrected chi connectivity index (χ0v) is 16.4. The highest BCUT2D eigenvalue weighted by Gasteiger charge is 2.35. The van der Waals surface area contributed by atoms with Crippen LogP contribution in [-0.2, 0) is 12.4 Å². The van der Waals surface area contributed by atoms with E-state index in [0.717, 1.165) is 12.1 Å². The number of nitrogen functional groups attached to an aromatic ring is 2. The molecule has 0 aliphatic rings. The first-order valence-electron chi connectivity index (χ1n) is 9.41. The van der Waals surface area contributed by atoms with E-state index in [1.807, 2.05) is 0 Å². The predicted octanol–water partition coefficient (Wildman–Crippen LogP) is 7.38. The lowest BCUT2D eigenvalue weighted by Crippen LogP contribution is -2.08. The molecule has 0 unspecified atom stereocenters. The standard InChI is InChI=1S/C24H16F6N2/c25-23(26,27)21-11-17(31)5-7-19(21)14-3-1-13-2-4-15(10-16(13)9-14)20-8-6-18(32)12-22(20)24(28,29)30/h1-12H,31-32H2. The Balaban J connectivity index is 1.89. The van der Waals surface area contributed by atoms with Gasteiger partial charge in [-0.05, 0) is 69.4 Å². The van der Waals surface area contributed by atoms with Crippen LogP contribution < -0.4 is 11.5 Å². The van der Waals surface area contributed by atoms with Gasteiger partial charge in [0.2, 0.25) is 0 Å². The Morgan fingerprint density at radius 2 is 0.875 bits per heavy atom. The van der Waals surface area contributed by atoms with Gasteiger partial charge in [-0.25, -0.2) is 0 Å². The topological polar surface area (TPSA) is 52.0 Å². The monoisotopic (exact) mass is 446 g/mol. The number of hydrogen-bond acceptors (Lipinski definition) is 2. The van der Waals surface area contributed by atoms with Crippen molar-refractivity contribution in [2.75, 3.05) is 11.5 Å². The highest BCUT2D eigenvalue weighted by molar-refractivity contribution is 5.92. The third-order valence-corrected chi connectivity index (χ3v) is 5.16. The largest absolute Gasteiger partial charge is 0.417 e. The van der Waals surface area contributed by atoms with Crippen LogP contribution in [0.25, 0.3) is 33.0 Å². The van der Waals surface area contributed by atoms with Crippen molar-refractivity contribution in [1.29, 1.82) is 0 Å². The molecule has 0 aromatic heterocycles. The van der Waals surface area contributed by atoms with Crippen molar-refractivity contribution >= 4 is 22.1 Å². The van der Waals surface area contributed by atoms with Crippen LogP contribution >= 0.6 is 0 Å². The van der Waals surface area contributed by atoms with Gasteiger partial charge in [-0.1, -0.05) is 36.4 Å². The van der Waals surface area contributed by atoms with Crippen molar-refractivity contribution in [3.05, 3.63) is 83.9 Å². The third-order valence-electron chi connectivity index (χ3n) is 5.16. The summed E-state index contributed by atoms with van der Waals surface area (Å²) in [5, 5.41) is 1.17. The number of anilines is 2. The molecule has 164 valence electrons. The Morgan fingerprint density at radius 1 is 0.469 bits per heavy atom. The molecule has 0 aliphatic heterocycles. The summed E-state index contributed by atoms with van der Waals surface area (Å²) in [5.41, 5.74) is 9.68. The van der Waals surface area contributed by atoms with Crippen LogP contribution in [-0.4, -0.2) is 0 Å². The average molecular weight is 446 g/mol. The molecule has 4 rings (SSSR count). The molecule has 0 fully saturated rings. The van der Waals surface area contributed by atoms with E-state index >= 15 is 0 Å². The smallest absolute Gasteiger partial charge is 0.399 e. The van der Waals surface area contributed by atoms with Crippen LogP contribution in [0.2, 0.25) is 0 Å². The maximum Gasteiger partial charge on any atom is 0.417 e. The van der Waals surface area contributed by atoms with Crippen LogP contribution in [0.3, 0.4) is 0 Å². The lowest BCUT2D eigenvalue weighted by atomic mass is 9.93. The van der Waals surface area contributed by atoms with E-state index in [-0.39, 0.29) is 33.6 Å². The van der Waals surface area contributed by atoms with Gasteiger partial charge < -0.3 is 11.5 Å². The quantitative estimate of drug-likeness (QED) is 0.249. The molecule has 0 amide bonds. The maximum atomic E-state index is 13.5. The fourth-order valence-electron chi connectivity index (χ4n) is 3.68. The summed E-state index contributed by atoms with van der Waals surface area (Å²) in [6.07, 6.45) is -9.24. The second-order valence-electron chi connectivity index (χ2n) is 7.38. The minimum absolute atomic E-state index is 0.0211. The van der Waals surface area contributed by atoms with Gasteiger partial charge in [-0.2, -0.15) is 26.3 Å². The van der Waals surface area contributed by atoms with Gasteiger partial charge in [0.25, 0.3) is 0 Å². The molecule has 0 atom stereocenters. The van der Waals surface area contributed by atoms with E-state index in [0.29, 0.717) is 10.8 Å². The first-order valence-corrected chi connectivity index (χ1v) is 9.41. The molecule has 32 heavy (non-hydrogen) atoms. The molecule has 0 saturated heterocycles. The molecular weight excluding hydrogens is 430 g/mol. The normalized spacial score (nSPS) is 12.3. The van der Waals surface area contributed by atoms with Crippen LogP contribution in [0.15, 0.2) is 72.8 Å². The van der Waals surface area contributed by atoms with Crippen molar-refractivity contribution in [2.45, 2.75) is 12.4 Å². The summed E-state index contributed by atoms with van der Waals surface area (Å²) in [7, 11) is 0. The summed E-state index contributed by atoms with van der Waals surface area (Å²) >= 11 is 0. The highest BCUT2D eigenvalue weighted by atomic mass is 19.4. The minimum atomic E-state index is -4.62. The number of hydrogen-bond donors (Lipinski definition) is 2. The van der Waals surface area contributed by atoms with Gasteiger partial charge in [0.1, 0.15) is 0 Å². The zero-order valence-electron chi connectivity index (χ0n) is 16.4. The van der Waals surface area contributed by atoms with E-state index in [1.165, 1.54) is 48.5 Å². The Morgan fingerprint density at radius 3 is 1.25 bits per heavy atom. The molecule has 0 radical (unpaired) electrons. The van der Waals surface area contributed by atoms with E-state index in [9.17, 15) is 26.3 Å². The molecule has 4 aromatic carbocycles. The lowest BCUT2D eigenvalue weighted by molar-refractivity contribution is -0.137. The Kier molecular flexibility index (Phi) is 5.03. The second-order valence-corrected chi connectivity index (χ2v) is 7.38. The van der Waals surface area contributed by atoms with Gasteiger partial charge in [-0.15, -0.1) is 0 Å². The number of alkyl halides is 6. The van der Waals surface area contributed by atoms with Gasteiger partial charge >= 0.3 is 12.4 Å². The van der Waals surface area contributed by atoms with Gasteiger partial charge in [0, 0.05) is 11.4 Å². The van der Waals surface area contributed by atoms with Gasteiger partial charge in [0.15, 0.2) is 0 Å². The molecule has 2 nitrogen and oxygen atoms in total. The first kappa shape index (κ1) is 21.5. The molecular formula is C24H16F6N2. The van der Waals surface area contributed by atoms with Crippen molar-refractivity contribution in [3.63, 3.8) is 0 Å². The third kappa shape index (κ3) is 4.08. The molecule has 4 N–H and O–H groups in total. The van der Waals surface area contributed by atoms with Crippen molar-refractivity contribution in [3.8, 4) is 22.3 Å². The number of rotatable bonds is 2. The van der Waals surface area contributed by atoms with Gasteiger partial charge in [0.05, 0.1) is 11.1 Å². The molecule has 0 saturated carbocycles. The van der Waals surface area contributed by atoms with Crippen molar-refractivity contribution in [2.24, 2.45) is 0 Å². The van der Waals surface area contributed by atoms with E-state index in [4.69, 9.17) is 11.5 Å². The summed E-state index contributed by atoms with van der Waals surface area (Å²) in [6, 6.07) is 16.4. The van der Waals surface area contributed by atoms with Crippen LogP contribution in [0.5, 0.6) is 0 Å². The fraction of sp³-hybridized carbons (Fsp3) is 0.0833. The molecule has 0 bridgehead atoms. The average Bonchev–Trinajstić information content (AvgIpc) is 2.71. The predicted molar refractivity (Wildman–Crippen MR) is 114 cm³/mol. The van der Waals surface area contributed by atoms with E-state index in [2.05, 4.69) is 0 Å². The highest BCUT2D eigenvalue weighted by Crippen LogP contribution is 2.41. The molecule has 0 heterocycles. The van der Waals surface area contributed by atoms with Crippen molar-refractivity contribution in [1.82, 2.24) is 0 Å². The fourth-order valence-corrected chi connectivity index (χ4v) is 3.68. The summed E-state index contributed by atoms with van der Waals surface area (Å²) in [4.78, 5) is 0. The Labute approximate surface area is 179 Å². The number of halogens is 6. The van der Waals surface area contributed by atoms with Crippen LogP contribution in [0, 0.1) is 0 Å². The first-order chi connectivity index (χ1) is 14.9. The van der Waals surface area contributed by atoms with Gasteiger partial charge in [-0.3, -0.25) is 0 Å². The SMILES string of the molecule is Nc1ccc(-c2ccc3ccc(-c4ccc(N)cc4C(F)(F)F)cc3c2)c(C(F)(F)F)c1. The van der Waals surface area contributed by atoms with Crippen LogP contribution in [0.1, 0.15) is 11.1 Å². The summed E-state index contributed by atoms with van der Waals surface area (Å²) < 4.78 is 81.2. The van der Waals surface area contributed by atoms with E-state index in [1.54, 1.807) is 12.1 Å². The number of fused-ring (bicyclic) bond motifs is 1. The summed E-state index contributed by atoms with van der Waals surface area (Å²) in [5.74, 6) is 0. The number of benzene rings is 4. The molecule has 0 aliphatic carbocycles. The minimum Gasteiger partial charge on any atom is -0.399 e. The number of nitrogens with two attached hydrogens (primary N) is 2. The second kappa shape index (κ2) is 7.47. The summed E-state index contributed by atoms with van der Waals surface area (Å²) in [6.45, 7) is 0.